The first kappa shape index (κ1) is 12.5. The molecular weight excluding hydrogens is 284 g/mol. The third kappa shape index (κ3) is 2.51. The van der Waals surface area contributed by atoms with Crippen LogP contribution in [0.5, 0.6) is 0 Å². The van der Waals surface area contributed by atoms with Gasteiger partial charge in [-0.15, -0.1) is 0 Å². The average Bonchev–Trinajstić information content (AvgIpc) is 2.30. The predicted octanol–water partition coefficient (Wildman–Crippen LogP) is 1.45. The van der Waals surface area contributed by atoms with Crippen molar-refractivity contribution in [2.45, 2.75) is 13.0 Å². The number of anilines is 1. The summed E-state index contributed by atoms with van der Waals surface area (Å²) in [6, 6.07) is 5.78. The second-order valence-corrected chi connectivity index (χ2v) is 5.01. The van der Waals surface area contributed by atoms with E-state index in [2.05, 4.69) is 15.9 Å². The summed E-state index contributed by atoms with van der Waals surface area (Å²) < 4.78 is 6.22. The molecule has 0 spiro atoms. The van der Waals surface area contributed by atoms with Crippen molar-refractivity contribution >= 4 is 27.5 Å². The minimum Gasteiger partial charge on any atom is -0.369 e. The van der Waals surface area contributed by atoms with E-state index < -0.39 is 0 Å². The van der Waals surface area contributed by atoms with Gasteiger partial charge in [0.25, 0.3) is 5.91 Å². The van der Waals surface area contributed by atoms with Gasteiger partial charge in [-0.3, -0.25) is 4.79 Å². The summed E-state index contributed by atoms with van der Waals surface area (Å²) in [6.07, 6.45) is 0. The summed E-state index contributed by atoms with van der Waals surface area (Å²) in [5.74, 6) is -0.0304. The van der Waals surface area contributed by atoms with Crippen molar-refractivity contribution in [3.05, 3.63) is 28.2 Å². The number of morpholine rings is 1. The van der Waals surface area contributed by atoms with Crippen LogP contribution < -0.4 is 10.6 Å². The molecule has 1 aromatic rings. The summed E-state index contributed by atoms with van der Waals surface area (Å²) in [7, 11) is 0. The van der Waals surface area contributed by atoms with Crippen LogP contribution in [0.15, 0.2) is 22.7 Å². The molecule has 4 nitrogen and oxygen atoms in total. The van der Waals surface area contributed by atoms with Gasteiger partial charge < -0.3 is 15.4 Å². The molecule has 5 heteroatoms. The number of rotatable bonds is 2. The monoisotopic (exact) mass is 298 g/mol. The fourth-order valence-electron chi connectivity index (χ4n) is 2.02. The molecule has 1 aliphatic heterocycles. The first-order valence-corrected chi connectivity index (χ1v) is 6.29. The lowest BCUT2D eigenvalue weighted by atomic mass is 10.1. The number of amides is 1. The Morgan fingerprint density at radius 2 is 2.35 bits per heavy atom. The number of halogens is 1. The maximum absolute atomic E-state index is 11.9. The maximum Gasteiger partial charge on any atom is 0.253 e. The van der Waals surface area contributed by atoms with Crippen LogP contribution in [0.4, 0.5) is 5.69 Å². The third-order valence-electron chi connectivity index (χ3n) is 2.86. The molecule has 2 rings (SSSR count). The van der Waals surface area contributed by atoms with E-state index in [4.69, 9.17) is 10.5 Å². The SMILES string of the molecule is Cc1cc(Br)ccc1N1C(=O)COCC1CN. The van der Waals surface area contributed by atoms with Gasteiger partial charge >= 0.3 is 0 Å². The number of carbonyl (C=O) groups excluding carboxylic acids is 1. The van der Waals surface area contributed by atoms with Gasteiger partial charge in [-0.25, -0.2) is 0 Å². The zero-order valence-electron chi connectivity index (χ0n) is 9.65. The molecule has 0 saturated carbocycles. The Hall–Kier alpha value is -0.910. The Morgan fingerprint density at radius 3 is 3.00 bits per heavy atom. The van der Waals surface area contributed by atoms with Crippen LogP contribution in [-0.4, -0.2) is 31.7 Å². The first-order chi connectivity index (χ1) is 8.13. The van der Waals surface area contributed by atoms with Crippen molar-refractivity contribution in [3.63, 3.8) is 0 Å². The minimum atomic E-state index is -0.0730. The molecule has 0 aliphatic carbocycles. The lowest BCUT2D eigenvalue weighted by molar-refractivity contribution is -0.127. The largest absolute Gasteiger partial charge is 0.369 e. The zero-order valence-corrected chi connectivity index (χ0v) is 11.2. The Labute approximate surface area is 109 Å². The molecule has 0 bridgehead atoms. The highest BCUT2D eigenvalue weighted by molar-refractivity contribution is 9.10. The Balaban J connectivity index is 2.38. The molecule has 1 unspecified atom stereocenters. The molecule has 1 atom stereocenters. The summed E-state index contributed by atoms with van der Waals surface area (Å²) in [5, 5.41) is 0. The van der Waals surface area contributed by atoms with E-state index >= 15 is 0 Å². The molecule has 1 aromatic carbocycles. The van der Waals surface area contributed by atoms with Crippen LogP contribution in [0, 0.1) is 6.92 Å². The molecule has 92 valence electrons. The summed E-state index contributed by atoms with van der Waals surface area (Å²) in [5.41, 5.74) is 7.65. The topological polar surface area (TPSA) is 55.6 Å². The molecular formula is C12H15BrN2O2. The Bertz CT molecular complexity index is 437. The van der Waals surface area contributed by atoms with Crippen LogP contribution in [0.2, 0.25) is 0 Å². The van der Waals surface area contributed by atoms with Crippen molar-refractivity contribution in [1.29, 1.82) is 0 Å². The molecule has 1 fully saturated rings. The highest BCUT2D eigenvalue weighted by atomic mass is 79.9. The zero-order chi connectivity index (χ0) is 12.4. The Morgan fingerprint density at radius 1 is 1.59 bits per heavy atom. The van der Waals surface area contributed by atoms with Gasteiger partial charge in [0.05, 0.1) is 12.6 Å². The van der Waals surface area contributed by atoms with E-state index in [1.807, 2.05) is 25.1 Å². The average molecular weight is 299 g/mol. The summed E-state index contributed by atoms with van der Waals surface area (Å²) in [6.45, 7) is 3.02. The van der Waals surface area contributed by atoms with Crippen LogP contribution in [0.1, 0.15) is 5.56 Å². The second kappa shape index (κ2) is 5.16. The van der Waals surface area contributed by atoms with Crippen molar-refractivity contribution < 1.29 is 9.53 Å². The molecule has 0 radical (unpaired) electrons. The number of nitrogens with two attached hydrogens (primary N) is 1. The van der Waals surface area contributed by atoms with Crippen LogP contribution in [0.25, 0.3) is 0 Å². The summed E-state index contributed by atoms with van der Waals surface area (Å²) in [4.78, 5) is 13.7. The van der Waals surface area contributed by atoms with Crippen LogP contribution >= 0.6 is 15.9 Å². The lowest BCUT2D eigenvalue weighted by Crippen LogP contribution is -2.53. The molecule has 0 aromatic heterocycles. The first-order valence-electron chi connectivity index (χ1n) is 5.49. The maximum atomic E-state index is 11.9. The van der Waals surface area contributed by atoms with E-state index in [1.54, 1.807) is 4.90 Å². The quantitative estimate of drug-likeness (QED) is 0.899. The third-order valence-corrected chi connectivity index (χ3v) is 3.35. The number of hydrogen-bond acceptors (Lipinski definition) is 3. The van der Waals surface area contributed by atoms with Gasteiger partial charge in [0.2, 0.25) is 0 Å². The van der Waals surface area contributed by atoms with Gasteiger partial charge in [-0.05, 0) is 30.7 Å². The van der Waals surface area contributed by atoms with Crippen molar-refractivity contribution in [2.24, 2.45) is 5.73 Å². The standard InChI is InChI=1S/C12H15BrN2O2/c1-8-4-9(13)2-3-11(8)15-10(5-14)6-17-7-12(15)16/h2-4,10H,5-7,14H2,1H3. The van der Waals surface area contributed by atoms with Crippen molar-refractivity contribution in [1.82, 2.24) is 0 Å². The van der Waals surface area contributed by atoms with Gasteiger partial charge in [-0.1, -0.05) is 15.9 Å². The second-order valence-electron chi connectivity index (χ2n) is 4.10. The number of carbonyl (C=O) groups is 1. The summed E-state index contributed by atoms with van der Waals surface area (Å²) >= 11 is 3.41. The predicted molar refractivity (Wildman–Crippen MR) is 70.0 cm³/mol. The van der Waals surface area contributed by atoms with Crippen LogP contribution in [0.3, 0.4) is 0 Å². The van der Waals surface area contributed by atoms with Gasteiger partial charge in [0.1, 0.15) is 6.61 Å². The molecule has 1 heterocycles. The van der Waals surface area contributed by atoms with Crippen molar-refractivity contribution in [2.75, 3.05) is 24.7 Å². The molecule has 1 saturated heterocycles. The molecule has 1 amide bonds. The lowest BCUT2D eigenvalue weighted by Gasteiger charge is -2.35. The minimum absolute atomic E-state index is 0.0304. The highest BCUT2D eigenvalue weighted by Gasteiger charge is 2.29. The number of nitrogens with zero attached hydrogens (tertiary/aromatic N) is 1. The van der Waals surface area contributed by atoms with Gasteiger partial charge in [-0.2, -0.15) is 0 Å². The van der Waals surface area contributed by atoms with E-state index in [-0.39, 0.29) is 18.6 Å². The molecule has 2 N–H and O–H groups in total. The van der Waals surface area contributed by atoms with Crippen LogP contribution in [-0.2, 0) is 9.53 Å². The van der Waals surface area contributed by atoms with E-state index in [9.17, 15) is 4.79 Å². The number of benzene rings is 1. The van der Waals surface area contributed by atoms with E-state index in [0.717, 1.165) is 15.7 Å². The van der Waals surface area contributed by atoms with E-state index in [1.165, 1.54) is 0 Å². The smallest absolute Gasteiger partial charge is 0.253 e. The number of aryl methyl sites for hydroxylation is 1. The van der Waals surface area contributed by atoms with Gasteiger partial charge in [0, 0.05) is 16.7 Å². The van der Waals surface area contributed by atoms with Crippen molar-refractivity contribution in [3.8, 4) is 0 Å². The number of ether oxygens (including phenoxy) is 1. The Kier molecular flexibility index (Phi) is 3.81. The normalized spacial score (nSPS) is 20.8. The van der Waals surface area contributed by atoms with E-state index in [0.29, 0.717) is 13.2 Å². The number of hydrogen-bond donors (Lipinski definition) is 1. The fourth-order valence-corrected chi connectivity index (χ4v) is 2.50. The van der Waals surface area contributed by atoms with Gasteiger partial charge in [0.15, 0.2) is 0 Å². The molecule has 1 aliphatic rings. The highest BCUT2D eigenvalue weighted by Crippen LogP contribution is 2.27. The fraction of sp³-hybridized carbons (Fsp3) is 0.417. The molecule has 17 heavy (non-hydrogen) atoms.